The molecule has 1 aliphatic carbocycles. The van der Waals surface area contributed by atoms with Gasteiger partial charge in [-0.15, -0.1) is 0 Å². The van der Waals surface area contributed by atoms with Crippen molar-refractivity contribution in [3.8, 4) is 0 Å². The summed E-state index contributed by atoms with van der Waals surface area (Å²) in [5.74, 6) is 0.122. The van der Waals surface area contributed by atoms with Gasteiger partial charge in [-0.2, -0.15) is 5.10 Å². The molecule has 0 radical (unpaired) electrons. The molecule has 0 saturated heterocycles. The number of aromatic amines is 1. The first-order valence-electron chi connectivity index (χ1n) is 5.36. The van der Waals surface area contributed by atoms with Crippen LogP contribution in [0.2, 0.25) is 0 Å². The van der Waals surface area contributed by atoms with Crippen LogP contribution in [0.5, 0.6) is 0 Å². The number of aryl methyl sites for hydroxylation is 1. The van der Waals surface area contributed by atoms with Gasteiger partial charge in [-0.1, -0.05) is 0 Å². The Labute approximate surface area is 93.5 Å². The van der Waals surface area contributed by atoms with Crippen molar-refractivity contribution in [2.45, 2.75) is 19.3 Å². The molecule has 1 amide bonds. The van der Waals surface area contributed by atoms with Gasteiger partial charge in [-0.05, 0) is 24.8 Å². The molecule has 0 aliphatic heterocycles. The molecule has 16 heavy (non-hydrogen) atoms. The first-order valence-corrected chi connectivity index (χ1v) is 5.36. The summed E-state index contributed by atoms with van der Waals surface area (Å²) in [6.45, 7) is 0. The van der Waals surface area contributed by atoms with Gasteiger partial charge in [0.25, 0.3) is 5.56 Å². The smallest absolute Gasteiger partial charge is 0.264 e. The van der Waals surface area contributed by atoms with Crippen LogP contribution >= 0.6 is 0 Å². The van der Waals surface area contributed by atoms with E-state index < -0.39 is 0 Å². The monoisotopic (exact) mass is 221 g/mol. The zero-order valence-corrected chi connectivity index (χ0v) is 9.49. The molecule has 1 aliphatic rings. The van der Waals surface area contributed by atoms with E-state index in [0.29, 0.717) is 6.42 Å². The molecule has 86 valence electrons. The lowest BCUT2D eigenvalue weighted by Gasteiger charge is -2.24. The summed E-state index contributed by atoms with van der Waals surface area (Å²) in [4.78, 5) is 24.6. The fraction of sp³-hybridized carbons (Fsp3) is 0.545. The third-order valence-corrected chi connectivity index (χ3v) is 2.96. The van der Waals surface area contributed by atoms with Crippen LogP contribution in [0.4, 0.5) is 0 Å². The minimum atomic E-state index is -0.197. The topological polar surface area (TPSA) is 66.1 Å². The van der Waals surface area contributed by atoms with Gasteiger partial charge in [-0.25, -0.2) is 5.10 Å². The minimum Gasteiger partial charge on any atom is -0.349 e. The van der Waals surface area contributed by atoms with Crippen molar-refractivity contribution in [3.05, 3.63) is 27.7 Å². The van der Waals surface area contributed by atoms with Crippen LogP contribution < -0.4 is 5.56 Å². The standard InChI is InChI=1S/C11H15N3O2/c1-14(2)11(16)7-3-4-9-8(5-7)6-10(15)13-12-9/h6-7H,3-5H2,1-2H3,(H,13,15)/t7-/m0/s1. The summed E-state index contributed by atoms with van der Waals surface area (Å²) >= 11 is 0. The largest absolute Gasteiger partial charge is 0.349 e. The first-order chi connectivity index (χ1) is 7.58. The van der Waals surface area contributed by atoms with Gasteiger partial charge >= 0.3 is 0 Å². The highest BCUT2D eigenvalue weighted by atomic mass is 16.2. The van der Waals surface area contributed by atoms with E-state index in [-0.39, 0.29) is 17.4 Å². The molecule has 5 nitrogen and oxygen atoms in total. The normalized spacial score (nSPS) is 19.0. The molecule has 5 heteroatoms. The average Bonchev–Trinajstić information content (AvgIpc) is 2.26. The lowest BCUT2D eigenvalue weighted by Crippen LogP contribution is -2.34. The van der Waals surface area contributed by atoms with Gasteiger partial charge in [0.2, 0.25) is 5.91 Å². The number of H-pyrrole nitrogens is 1. The number of carbonyl (C=O) groups excluding carboxylic acids is 1. The number of nitrogens with one attached hydrogen (secondary N) is 1. The maximum Gasteiger partial charge on any atom is 0.264 e. The molecule has 0 spiro atoms. The Morgan fingerprint density at radius 3 is 3.00 bits per heavy atom. The summed E-state index contributed by atoms with van der Waals surface area (Å²) in [6, 6.07) is 1.55. The van der Waals surface area contributed by atoms with Crippen LogP contribution in [-0.2, 0) is 17.6 Å². The molecular weight excluding hydrogens is 206 g/mol. The van der Waals surface area contributed by atoms with Crippen LogP contribution in [0.1, 0.15) is 17.7 Å². The lowest BCUT2D eigenvalue weighted by molar-refractivity contribution is -0.133. The number of hydrogen-bond donors (Lipinski definition) is 1. The van der Waals surface area contributed by atoms with Crippen LogP contribution in [0, 0.1) is 5.92 Å². The van der Waals surface area contributed by atoms with Crippen molar-refractivity contribution in [2.75, 3.05) is 14.1 Å². The Morgan fingerprint density at radius 2 is 2.31 bits per heavy atom. The predicted molar refractivity (Wildman–Crippen MR) is 59.1 cm³/mol. The second kappa shape index (κ2) is 4.08. The third kappa shape index (κ3) is 1.98. The highest BCUT2D eigenvalue weighted by molar-refractivity contribution is 5.78. The molecule has 2 rings (SSSR count). The Morgan fingerprint density at radius 1 is 1.56 bits per heavy atom. The minimum absolute atomic E-state index is 0.00824. The van der Waals surface area contributed by atoms with E-state index in [9.17, 15) is 9.59 Å². The van der Waals surface area contributed by atoms with Crippen molar-refractivity contribution in [2.24, 2.45) is 5.92 Å². The third-order valence-electron chi connectivity index (χ3n) is 2.96. The van der Waals surface area contributed by atoms with Crippen molar-refractivity contribution in [1.29, 1.82) is 0 Å². The maximum absolute atomic E-state index is 11.8. The second-order valence-corrected chi connectivity index (χ2v) is 4.38. The average molecular weight is 221 g/mol. The summed E-state index contributed by atoms with van der Waals surface area (Å²) in [6.07, 6.45) is 2.20. The number of amides is 1. The van der Waals surface area contributed by atoms with Gasteiger partial charge < -0.3 is 4.90 Å². The number of hydrogen-bond acceptors (Lipinski definition) is 3. The lowest BCUT2D eigenvalue weighted by atomic mass is 9.86. The van der Waals surface area contributed by atoms with E-state index >= 15 is 0 Å². The maximum atomic E-state index is 11.8. The van der Waals surface area contributed by atoms with Gasteiger partial charge in [0.1, 0.15) is 0 Å². The molecule has 0 unspecified atom stereocenters. The van der Waals surface area contributed by atoms with E-state index in [1.165, 1.54) is 0 Å². The van der Waals surface area contributed by atoms with Gasteiger partial charge in [0, 0.05) is 26.1 Å². The molecule has 0 fully saturated rings. The zero-order chi connectivity index (χ0) is 11.7. The first kappa shape index (κ1) is 10.9. The Hall–Kier alpha value is -1.65. The van der Waals surface area contributed by atoms with E-state index in [1.54, 1.807) is 25.1 Å². The van der Waals surface area contributed by atoms with Gasteiger partial charge in [0.15, 0.2) is 0 Å². The van der Waals surface area contributed by atoms with Crippen LogP contribution in [-0.4, -0.2) is 35.1 Å². The summed E-state index contributed by atoms with van der Waals surface area (Å²) in [5, 5.41) is 6.42. The second-order valence-electron chi connectivity index (χ2n) is 4.38. The van der Waals surface area contributed by atoms with Crippen LogP contribution in [0.3, 0.4) is 0 Å². The van der Waals surface area contributed by atoms with Gasteiger partial charge in [0.05, 0.1) is 5.69 Å². The molecule has 0 saturated carbocycles. The Kier molecular flexibility index (Phi) is 2.77. The molecule has 0 bridgehead atoms. The number of carbonyl (C=O) groups is 1. The van der Waals surface area contributed by atoms with Gasteiger partial charge in [-0.3, -0.25) is 9.59 Å². The van der Waals surface area contributed by atoms with Crippen LogP contribution in [0.15, 0.2) is 10.9 Å². The summed E-state index contributed by atoms with van der Waals surface area (Å²) in [5.41, 5.74) is 1.63. The molecule has 1 aromatic heterocycles. The highest BCUT2D eigenvalue weighted by Gasteiger charge is 2.26. The molecule has 1 heterocycles. The van der Waals surface area contributed by atoms with E-state index in [0.717, 1.165) is 24.1 Å². The van der Waals surface area contributed by atoms with Crippen molar-refractivity contribution in [3.63, 3.8) is 0 Å². The number of fused-ring (bicyclic) bond motifs is 1. The molecule has 1 aromatic rings. The van der Waals surface area contributed by atoms with Crippen molar-refractivity contribution < 1.29 is 4.79 Å². The summed E-state index contributed by atoms with van der Waals surface area (Å²) in [7, 11) is 3.52. The van der Waals surface area contributed by atoms with Crippen molar-refractivity contribution >= 4 is 5.91 Å². The SMILES string of the molecule is CN(C)C(=O)[C@H]1CCc2n[nH]c(=O)cc2C1. The number of rotatable bonds is 1. The zero-order valence-electron chi connectivity index (χ0n) is 9.49. The highest BCUT2D eigenvalue weighted by Crippen LogP contribution is 2.23. The van der Waals surface area contributed by atoms with E-state index in [2.05, 4.69) is 10.2 Å². The molecule has 0 aromatic carbocycles. The number of aromatic nitrogens is 2. The van der Waals surface area contributed by atoms with E-state index in [1.807, 2.05) is 0 Å². The quantitative estimate of drug-likeness (QED) is 0.723. The Balaban J connectivity index is 2.23. The predicted octanol–water partition coefficient (Wildman–Crippen LogP) is -0.0370. The fourth-order valence-electron chi connectivity index (χ4n) is 2.12. The molecule has 1 atom stereocenters. The Bertz CT molecular complexity index is 465. The number of nitrogens with zero attached hydrogens (tertiary/aromatic N) is 2. The molecule has 1 N–H and O–H groups in total. The van der Waals surface area contributed by atoms with E-state index in [4.69, 9.17) is 0 Å². The summed E-state index contributed by atoms with van der Waals surface area (Å²) < 4.78 is 0. The molecular formula is C11H15N3O2. The van der Waals surface area contributed by atoms with Crippen LogP contribution in [0.25, 0.3) is 0 Å². The van der Waals surface area contributed by atoms with Crippen molar-refractivity contribution in [1.82, 2.24) is 15.1 Å². The fourth-order valence-corrected chi connectivity index (χ4v) is 2.12.